The third-order valence-electron chi connectivity index (χ3n) is 4.67. The second-order valence-electron chi connectivity index (χ2n) is 6.75. The first-order valence-corrected chi connectivity index (χ1v) is 9.30. The number of ether oxygens (including phenoxy) is 3. The topological polar surface area (TPSA) is 127 Å². The molecule has 1 aromatic carbocycles. The molecular formula is C20H25N3O6. The van der Waals surface area contributed by atoms with Crippen molar-refractivity contribution < 1.29 is 28.6 Å². The molecule has 1 aromatic rings. The summed E-state index contributed by atoms with van der Waals surface area (Å²) in [5.41, 5.74) is -0.638. The van der Waals surface area contributed by atoms with E-state index in [9.17, 15) is 19.6 Å². The van der Waals surface area contributed by atoms with Crippen LogP contribution in [0.4, 0.5) is 0 Å². The summed E-state index contributed by atoms with van der Waals surface area (Å²) in [6.45, 7) is -0.917. The van der Waals surface area contributed by atoms with Gasteiger partial charge in [0.25, 0.3) is 11.8 Å². The molecular weight excluding hydrogens is 378 g/mol. The molecule has 0 aromatic heterocycles. The van der Waals surface area contributed by atoms with Crippen LogP contribution < -0.4 is 20.1 Å². The van der Waals surface area contributed by atoms with E-state index in [2.05, 4.69) is 16.7 Å². The van der Waals surface area contributed by atoms with Gasteiger partial charge in [0.15, 0.2) is 6.61 Å². The maximum Gasteiger partial charge on any atom is 0.325 e. The minimum atomic E-state index is -0.888. The highest BCUT2D eigenvalue weighted by atomic mass is 16.5. The Morgan fingerprint density at radius 2 is 1.69 bits per heavy atom. The molecule has 0 spiro atoms. The van der Waals surface area contributed by atoms with E-state index in [4.69, 9.17) is 14.2 Å². The van der Waals surface area contributed by atoms with Gasteiger partial charge in [-0.05, 0) is 25.0 Å². The summed E-state index contributed by atoms with van der Waals surface area (Å²) in [4.78, 5) is 36.1. The summed E-state index contributed by atoms with van der Waals surface area (Å²) in [6.07, 6.45) is 3.95. The van der Waals surface area contributed by atoms with Crippen molar-refractivity contribution in [2.75, 3.05) is 27.4 Å². The first-order chi connectivity index (χ1) is 13.9. The van der Waals surface area contributed by atoms with Crippen LogP contribution in [-0.4, -0.2) is 50.7 Å². The summed E-state index contributed by atoms with van der Waals surface area (Å²) in [5.74, 6) is -0.955. The van der Waals surface area contributed by atoms with Gasteiger partial charge >= 0.3 is 5.97 Å². The molecule has 0 saturated heterocycles. The lowest BCUT2D eigenvalue weighted by Gasteiger charge is -2.31. The number of amides is 2. The van der Waals surface area contributed by atoms with Gasteiger partial charge in [-0.15, -0.1) is 0 Å². The van der Waals surface area contributed by atoms with Gasteiger partial charge in [0.05, 0.1) is 20.3 Å². The lowest BCUT2D eigenvalue weighted by molar-refractivity contribution is -0.148. The monoisotopic (exact) mass is 403 g/mol. The second kappa shape index (κ2) is 10.3. The van der Waals surface area contributed by atoms with Crippen LogP contribution in [0.3, 0.4) is 0 Å². The number of methoxy groups -OCH3 is 2. The Kier molecular flexibility index (Phi) is 7.83. The van der Waals surface area contributed by atoms with Gasteiger partial charge < -0.3 is 24.8 Å². The second-order valence-corrected chi connectivity index (χ2v) is 6.75. The van der Waals surface area contributed by atoms with E-state index >= 15 is 0 Å². The van der Waals surface area contributed by atoms with Gasteiger partial charge in [-0.1, -0.05) is 19.3 Å². The molecule has 156 valence electrons. The van der Waals surface area contributed by atoms with E-state index in [1.54, 1.807) is 6.07 Å². The van der Waals surface area contributed by atoms with Crippen molar-refractivity contribution in [3.05, 3.63) is 23.8 Å². The van der Waals surface area contributed by atoms with Gasteiger partial charge in [0, 0.05) is 11.6 Å². The molecule has 0 aliphatic heterocycles. The Morgan fingerprint density at radius 3 is 2.24 bits per heavy atom. The molecule has 0 bridgehead atoms. The Hall–Kier alpha value is -3.28. The zero-order valence-electron chi connectivity index (χ0n) is 16.6. The molecule has 9 heteroatoms. The summed E-state index contributed by atoms with van der Waals surface area (Å²) in [6, 6.07) is 6.78. The van der Waals surface area contributed by atoms with Gasteiger partial charge in [-0.3, -0.25) is 14.4 Å². The zero-order chi connectivity index (χ0) is 21.3. The molecule has 0 unspecified atom stereocenters. The third kappa shape index (κ3) is 6.38. The van der Waals surface area contributed by atoms with Crippen LogP contribution >= 0.6 is 0 Å². The van der Waals surface area contributed by atoms with Gasteiger partial charge in [-0.25, -0.2) is 0 Å². The van der Waals surface area contributed by atoms with Crippen LogP contribution in [0.25, 0.3) is 0 Å². The fourth-order valence-electron chi connectivity index (χ4n) is 3.11. The van der Waals surface area contributed by atoms with Crippen LogP contribution in [0.2, 0.25) is 0 Å². The van der Waals surface area contributed by atoms with Crippen LogP contribution in [0.15, 0.2) is 18.2 Å². The van der Waals surface area contributed by atoms with Gasteiger partial charge in [0.2, 0.25) is 0 Å². The molecule has 2 rings (SSSR count). The number of esters is 1. The average Bonchev–Trinajstić information content (AvgIpc) is 2.76. The van der Waals surface area contributed by atoms with E-state index in [0.29, 0.717) is 24.3 Å². The minimum Gasteiger partial charge on any atom is -0.497 e. The summed E-state index contributed by atoms with van der Waals surface area (Å²) in [5, 5.41) is 14.4. The molecule has 9 nitrogen and oxygen atoms in total. The average molecular weight is 403 g/mol. The number of nitrogens with one attached hydrogen (secondary N) is 2. The first kappa shape index (κ1) is 22.0. The number of benzene rings is 1. The molecule has 2 N–H and O–H groups in total. The number of rotatable bonds is 8. The number of carbonyl (C=O) groups is 3. The smallest absolute Gasteiger partial charge is 0.325 e. The highest BCUT2D eigenvalue weighted by molar-refractivity contribution is 5.96. The largest absolute Gasteiger partial charge is 0.497 e. The minimum absolute atomic E-state index is 0.250. The van der Waals surface area contributed by atoms with Crippen LogP contribution in [0.5, 0.6) is 11.5 Å². The molecule has 1 aliphatic rings. The van der Waals surface area contributed by atoms with E-state index in [1.807, 2.05) is 0 Å². The van der Waals surface area contributed by atoms with Crippen molar-refractivity contribution in [1.82, 2.24) is 10.6 Å². The van der Waals surface area contributed by atoms with Crippen LogP contribution in [0.1, 0.15) is 42.5 Å². The Morgan fingerprint density at radius 1 is 1.07 bits per heavy atom. The van der Waals surface area contributed by atoms with E-state index < -0.39 is 36.5 Å². The molecule has 1 aliphatic carbocycles. The number of carbonyl (C=O) groups excluding carboxylic acids is 3. The first-order valence-electron chi connectivity index (χ1n) is 9.30. The standard InChI is InChI=1S/C20H25N3O6/c1-27-15-8-14(9-16(10-15)28-2)19(26)22-11-18(25)29-12-17(24)23-20(13-21)6-4-3-5-7-20/h8-10H,3-7,11-12H2,1-2H3,(H,22,26)(H,23,24). The highest BCUT2D eigenvalue weighted by Gasteiger charge is 2.33. The Bertz CT molecular complexity index is 774. The van der Waals surface area contributed by atoms with Gasteiger partial charge in [0.1, 0.15) is 23.6 Å². The predicted molar refractivity (Wildman–Crippen MR) is 102 cm³/mol. The number of hydrogen-bond acceptors (Lipinski definition) is 7. The summed E-state index contributed by atoms with van der Waals surface area (Å²) >= 11 is 0. The van der Waals surface area contributed by atoms with E-state index in [0.717, 1.165) is 19.3 Å². The SMILES string of the molecule is COc1cc(OC)cc(C(=O)NCC(=O)OCC(=O)NC2(C#N)CCCCC2)c1. The highest BCUT2D eigenvalue weighted by Crippen LogP contribution is 2.27. The molecule has 2 amide bonds. The fourth-order valence-corrected chi connectivity index (χ4v) is 3.11. The third-order valence-corrected chi connectivity index (χ3v) is 4.67. The van der Waals surface area contributed by atoms with Crippen molar-refractivity contribution in [3.63, 3.8) is 0 Å². The lowest BCUT2D eigenvalue weighted by Crippen LogP contribution is -2.50. The van der Waals surface area contributed by atoms with Crippen molar-refractivity contribution >= 4 is 17.8 Å². The van der Waals surface area contributed by atoms with E-state index in [1.165, 1.54) is 26.4 Å². The maximum absolute atomic E-state index is 12.2. The summed E-state index contributed by atoms with van der Waals surface area (Å²) in [7, 11) is 2.92. The molecule has 1 saturated carbocycles. The van der Waals surface area contributed by atoms with Crippen LogP contribution in [0, 0.1) is 11.3 Å². The number of nitriles is 1. The molecule has 0 atom stereocenters. The number of hydrogen-bond donors (Lipinski definition) is 2. The molecule has 0 radical (unpaired) electrons. The molecule has 29 heavy (non-hydrogen) atoms. The quantitative estimate of drug-likeness (QED) is 0.627. The molecule has 0 heterocycles. The van der Waals surface area contributed by atoms with Crippen LogP contribution in [-0.2, 0) is 14.3 Å². The van der Waals surface area contributed by atoms with Gasteiger partial charge in [-0.2, -0.15) is 5.26 Å². The van der Waals surface area contributed by atoms with Crippen molar-refractivity contribution in [3.8, 4) is 17.6 Å². The Balaban J connectivity index is 1.80. The summed E-state index contributed by atoms with van der Waals surface area (Å²) < 4.78 is 15.1. The predicted octanol–water partition coefficient (Wildman–Crippen LogP) is 1.32. The van der Waals surface area contributed by atoms with Crippen molar-refractivity contribution in [2.24, 2.45) is 0 Å². The van der Waals surface area contributed by atoms with E-state index in [-0.39, 0.29) is 5.56 Å². The van der Waals surface area contributed by atoms with Crippen molar-refractivity contribution in [1.29, 1.82) is 5.26 Å². The van der Waals surface area contributed by atoms with Crippen molar-refractivity contribution in [2.45, 2.75) is 37.6 Å². The number of nitrogens with zero attached hydrogens (tertiary/aromatic N) is 1. The lowest BCUT2D eigenvalue weighted by atomic mass is 9.83. The normalized spacial score (nSPS) is 14.8. The molecule has 1 fully saturated rings. The zero-order valence-corrected chi connectivity index (χ0v) is 16.6. The fraction of sp³-hybridized carbons (Fsp3) is 0.500. The Labute approximate surface area is 169 Å². The maximum atomic E-state index is 12.2.